The number of hydrogen-bond donors (Lipinski definition) is 0. The highest BCUT2D eigenvalue weighted by Crippen LogP contribution is 2.09. The van der Waals surface area contributed by atoms with Crippen LogP contribution in [0, 0.1) is 5.95 Å². The molecule has 0 fully saturated rings. The van der Waals surface area contributed by atoms with Gasteiger partial charge in [0.2, 0.25) is 5.95 Å². The van der Waals surface area contributed by atoms with Crippen LogP contribution in [0.1, 0.15) is 13.3 Å². The summed E-state index contributed by atoms with van der Waals surface area (Å²) in [7, 11) is 0. The summed E-state index contributed by atoms with van der Waals surface area (Å²) in [6.07, 6.45) is 2.31. The number of halogens is 1. The average Bonchev–Trinajstić information content (AvgIpc) is 2.01. The minimum absolute atomic E-state index is 0.501. The maximum atomic E-state index is 12.4. The molecule has 0 unspecified atom stereocenters. The van der Waals surface area contributed by atoms with Crippen molar-refractivity contribution in [3.05, 3.63) is 24.3 Å². The van der Waals surface area contributed by atoms with Crippen molar-refractivity contribution in [2.45, 2.75) is 13.3 Å². The molecule has 60 valence electrons. The zero-order valence-corrected chi connectivity index (χ0v) is 6.38. The number of rotatable bonds is 3. The van der Waals surface area contributed by atoms with Gasteiger partial charge in [-0.25, -0.2) is 4.98 Å². The lowest BCUT2D eigenvalue weighted by atomic mass is 10.4. The van der Waals surface area contributed by atoms with Gasteiger partial charge in [0, 0.05) is 12.3 Å². The molecule has 0 aliphatic rings. The Kier molecular flexibility index (Phi) is 2.83. The molecule has 0 N–H and O–H groups in total. The summed E-state index contributed by atoms with van der Waals surface area (Å²) >= 11 is 0. The number of pyridine rings is 1. The van der Waals surface area contributed by atoms with Gasteiger partial charge in [0.25, 0.3) is 0 Å². The van der Waals surface area contributed by atoms with E-state index in [0.29, 0.717) is 12.4 Å². The molecule has 0 aliphatic carbocycles. The van der Waals surface area contributed by atoms with Crippen molar-refractivity contribution in [3.8, 4) is 5.75 Å². The zero-order chi connectivity index (χ0) is 8.10. The van der Waals surface area contributed by atoms with Gasteiger partial charge in [-0.05, 0) is 12.5 Å². The topological polar surface area (TPSA) is 22.1 Å². The fourth-order valence-electron chi connectivity index (χ4n) is 0.694. The SMILES string of the molecule is CCCOc1ccnc(F)c1. The third-order valence-electron chi connectivity index (χ3n) is 1.17. The van der Waals surface area contributed by atoms with E-state index < -0.39 is 5.95 Å². The minimum Gasteiger partial charge on any atom is -0.493 e. The van der Waals surface area contributed by atoms with Gasteiger partial charge in [-0.1, -0.05) is 6.92 Å². The fraction of sp³-hybridized carbons (Fsp3) is 0.375. The summed E-state index contributed by atoms with van der Waals surface area (Å²) in [4.78, 5) is 3.40. The lowest BCUT2D eigenvalue weighted by Gasteiger charge is -2.02. The van der Waals surface area contributed by atoms with E-state index in [4.69, 9.17) is 4.74 Å². The van der Waals surface area contributed by atoms with E-state index in [1.54, 1.807) is 6.07 Å². The average molecular weight is 155 g/mol. The molecule has 0 saturated heterocycles. The van der Waals surface area contributed by atoms with Crippen molar-refractivity contribution < 1.29 is 9.13 Å². The number of ether oxygens (including phenoxy) is 1. The second-order valence-corrected chi connectivity index (χ2v) is 2.16. The van der Waals surface area contributed by atoms with E-state index in [1.165, 1.54) is 12.3 Å². The highest BCUT2D eigenvalue weighted by Gasteiger charge is 1.94. The van der Waals surface area contributed by atoms with E-state index in [1.807, 2.05) is 6.92 Å². The molecule has 1 rings (SSSR count). The van der Waals surface area contributed by atoms with Gasteiger partial charge in [-0.3, -0.25) is 0 Å². The van der Waals surface area contributed by atoms with E-state index in [-0.39, 0.29) is 0 Å². The Bertz CT molecular complexity index is 227. The molecule has 1 aromatic heterocycles. The predicted octanol–water partition coefficient (Wildman–Crippen LogP) is 2.01. The molecule has 0 saturated carbocycles. The largest absolute Gasteiger partial charge is 0.493 e. The number of nitrogens with zero attached hydrogens (tertiary/aromatic N) is 1. The molecule has 1 aromatic rings. The predicted molar refractivity (Wildman–Crippen MR) is 40.0 cm³/mol. The van der Waals surface area contributed by atoms with Crippen LogP contribution in [0.4, 0.5) is 4.39 Å². The standard InChI is InChI=1S/C8H10FNO/c1-2-5-11-7-3-4-10-8(9)6-7/h3-4,6H,2,5H2,1H3. The van der Waals surface area contributed by atoms with E-state index in [0.717, 1.165) is 6.42 Å². The Morgan fingerprint density at radius 1 is 1.64 bits per heavy atom. The third-order valence-corrected chi connectivity index (χ3v) is 1.17. The molecule has 0 atom stereocenters. The molecule has 3 heteroatoms. The van der Waals surface area contributed by atoms with Crippen molar-refractivity contribution in [1.82, 2.24) is 4.98 Å². The summed E-state index contributed by atoms with van der Waals surface area (Å²) < 4.78 is 17.6. The van der Waals surface area contributed by atoms with E-state index >= 15 is 0 Å². The van der Waals surface area contributed by atoms with Gasteiger partial charge < -0.3 is 4.74 Å². The summed E-state index contributed by atoms with van der Waals surface area (Å²) in [5.41, 5.74) is 0. The molecule has 2 nitrogen and oxygen atoms in total. The van der Waals surface area contributed by atoms with Crippen LogP contribution < -0.4 is 4.74 Å². The molecule has 0 radical (unpaired) electrons. The van der Waals surface area contributed by atoms with Crippen LogP contribution in [0.3, 0.4) is 0 Å². The normalized spacial score (nSPS) is 9.64. The highest BCUT2D eigenvalue weighted by atomic mass is 19.1. The monoisotopic (exact) mass is 155 g/mol. The molecule has 0 aromatic carbocycles. The van der Waals surface area contributed by atoms with Gasteiger partial charge in [0.05, 0.1) is 6.61 Å². The first-order chi connectivity index (χ1) is 5.33. The number of aromatic nitrogens is 1. The van der Waals surface area contributed by atoms with Crippen molar-refractivity contribution in [1.29, 1.82) is 0 Å². The second-order valence-electron chi connectivity index (χ2n) is 2.16. The molecular formula is C8H10FNO. The summed E-state index contributed by atoms with van der Waals surface area (Å²) in [6, 6.07) is 2.91. The van der Waals surface area contributed by atoms with Gasteiger partial charge >= 0.3 is 0 Å². The van der Waals surface area contributed by atoms with Crippen molar-refractivity contribution in [2.75, 3.05) is 6.61 Å². The van der Waals surface area contributed by atoms with E-state index in [2.05, 4.69) is 4.98 Å². The molecule has 0 aliphatic heterocycles. The Hall–Kier alpha value is -1.12. The van der Waals surface area contributed by atoms with Gasteiger partial charge in [-0.2, -0.15) is 4.39 Å². The lowest BCUT2D eigenvalue weighted by molar-refractivity contribution is 0.315. The Balaban J connectivity index is 2.56. The van der Waals surface area contributed by atoms with Gasteiger partial charge in [0.15, 0.2) is 0 Å². The third kappa shape index (κ3) is 2.53. The molecular weight excluding hydrogens is 145 g/mol. The van der Waals surface area contributed by atoms with Crippen LogP contribution in [-0.4, -0.2) is 11.6 Å². The molecule has 0 amide bonds. The van der Waals surface area contributed by atoms with Crippen LogP contribution in [0.5, 0.6) is 5.75 Å². The molecule has 1 heterocycles. The second kappa shape index (κ2) is 3.91. The zero-order valence-electron chi connectivity index (χ0n) is 6.38. The molecule has 0 spiro atoms. The summed E-state index contributed by atoms with van der Waals surface area (Å²) in [5, 5.41) is 0. The molecule has 11 heavy (non-hydrogen) atoms. The first kappa shape index (κ1) is 7.98. The van der Waals surface area contributed by atoms with Gasteiger partial charge in [0.1, 0.15) is 5.75 Å². The molecule has 0 bridgehead atoms. The lowest BCUT2D eigenvalue weighted by Crippen LogP contribution is -1.95. The van der Waals surface area contributed by atoms with Crippen molar-refractivity contribution >= 4 is 0 Å². The van der Waals surface area contributed by atoms with Gasteiger partial charge in [-0.15, -0.1) is 0 Å². The maximum Gasteiger partial charge on any atom is 0.216 e. The Labute approximate surface area is 65.0 Å². The van der Waals surface area contributed by atoms with Crippen LogP contribution >= 0.6 is 0 Å². The Morgan fingerprint density at radius 2 is 2.45 bits per heavy atom. The minimum atomic E-state index is -0.501. The maximum absolute atomic E-state index is 12.4. The van der Waals surface area contributed by atoms with Crippen LogP contribution in [0.15, 0.2) is 18.3 Å². The van der Waals surface area contributed by atoms with Crippen LogP contribution in [0.25, 0.3) is 0 Å². The highest BCUT2D eigenvalue weighted by molar-refractivity contribution is 5.17. The van der Waals surface area contributed by atoms with Crippen molar-refractivity contribution in [3.63, 3.8) is 0 Å². The van der Waals surface area contributed by atoms with E-state index in [9.17, 15) is 4.39 Å². The van der Waals surface area contributed by atoms with Crippen molar-refractivity contribution in [2.24, 2.45) is 0 Å². The first-order valence-corrected chi connectivity index (χ1v) is 3.57. The smallest absolute Gasteiger partial charge is 0.216 e. The van der Waals surface area contributed by atoms with Crippen LogP contribution in [0.2, 0.25) is 0 Å². The Morgan fingerprint density at radius 3 is 3.09 bits per heavy atom. The summed E-state index contributed by atoms with van der Waals surface area (Å²) in [6.45, 7) is 2.61. The van der Waals surface area contributed by atoms with Crippen LogP contribution in [-0.2, 0) is 0 Å². The summed E-state index contributed by atoms with van der Waals surface area (Å²) in [5.74, 6) is 0.0398. The first-order valence-electron chi connectivity index (χ1n) is 3.57. The quantitative estimate of drug-likeness (QED) is 0.623. The number of hydrogen-bond acceptors (Lipinski definition) is 2. The fourth-order valence-corrected chi connectivity index (χ4v) is 0.694.